The Morgan fingerprint density at radius 1 is 1.54 bits per heavy atom. The lowest BCUT2D eigenvalue weighted by molar-refractivity contribution is -0.141. The minimum Gasteiger partial charge on any atom is -0.466 e. The number of rotatable bonds is 6. The molecular formula is C6H12FO5P. The number of hydrogen-bond donors (Lipinski definition) is 1. The van der Waals surface area contributed by atoms with Crippen molar-refractivity contribution < 1.29 is 28.2 Å². The minimum atomic E-state index is -4.04. The highest BCUT2D eigenvalue weighted by Gasteiger charge is 2.18. The summed E-state index contributed by atoms with van der Waals surface area (Å²) in [6, 6.07) is 0. The van der Waals surface area contributed by atoms with Crippen molar-refractivity contribution in [3.8, 4) is 0 Å². The second-order valence-electron chi connectivity index (χ2n) is 2.48. The number of hydrogen-bond acceptors (Lipinski definition) is 4. The molecule has 5 nitrogen and oxygen atoms in total. The normalized spacial score (nSPS) is 15.0. The van der Waals surface area contributed by atoms with E-state index in [1.165, 1.54) is 6.92 Å². The average molecular weight is 214 g/mol. The van der Waals surface area contributed by atoms with E-state index < -0.39 is 13.6 Å². The van der Waals surface area contributed by atoms with Crippen LogP contribution in [0.4, 0.5) is 4.53 Å². The average Bonchev–Trinajstić information content (AvgIpc) is 2.03. The Balaban J connectivity index is 3.36. The van der Waals surface area contributed by atoms with Gasteiger partial charge in [-0.25, -0.2) is 0 Å². The summed E-state index contributed by atoms with van der Waals surface area (Å²) in [7, 11) is -4.04. The predicted octanol–water partition coefficient (Wildman–Crippen LogP) is 1.42. The molecule has 0 saturated heterocycles. The van der Waals surface area contributed by atoms with E-state index in [9.17, 15) is 13.9 Å². The van der Waals surface area contributed by atoms with Gasteiger partial charge >= 0.3 is 13.6 Å². The molecule has 0 saturated carbocycles. The predicted molar refractivity (Wildman–Crippen MR) is 42.8 cm³/mol. The first-order valence-electron chi connectivity index (χ1n) is 3.73. The lowest BCUT2D eigenvalue weighted by Crippen LogP contribution is -2.01. The highest BCUT2D eigenvalue weighted by Crippen LogP contribution is 2.42. The number of carbonyl (C=O) groups is 1. The van der Waals surface area contributed by atoms with Gasteiger partial charge in [-0.15, -0.1) is 4.73 Å². The molecule has 13 heavy (non-hydrogen) atoms. The molecule has 7 heteroatoms. The van der Waals surface area contributed by atoms with Gasteiger partial charge in [0.2, 0.25) is 0 Å². The fraction of sp³-hybridized carbons (Fsp3) is 0.833. The fourth-order valence-corrected chi connectivity index (χ4v) is 1.36. The lowest BCUT2D eigenvalue weighted by Gasteiger charge is -2.04. The quantitative estimate of drug-likeness (QED) is 0.411. The number of ether oxygens (including phenoxy) is 1. The van der Waals surface area contributed by atoms with Crippen LogP contribution in [0.1, 0.15) is 19.8 Å². The van der Waals surface area contributed by atoms with Gasteiger partial charge in [-0.05, 0) is 17.4 Å². The SMILES string of the molecule is CC(=O)OCCCCP(=O)(O)OF. The van der Waals surface area contributed by atoms with Gasteiger partial charge in [-0.3, -0.25) is 9.36 Å². The summed E-state index contributed by atoms with van der Waals surface area (Å²) in [6.45, 7) is 1.43. The minimum absolute atomic E-state index is 0.168. The van der Waals surface area contributed by atoms with Crippen LogP contribution in [-0.4, -0.2) is 23.6 Å². The van der Waals surface area contributed by atoms with Crippen molar-refractivity contribution >= 4 is 13.6 Å². The molecule has 0 aromatic rings. The zero-order valence-electron chi connectivity index (χ0n) is 7.23. The Labute approximate surface area is 75.3 Å². The van der Waals surface area contributed by atoms with Crippen LogP contribution >= 0.6 is 7.60 Å². The van der Waals surface area contributed by atoms with Crippen molar-refractivity contribution in [1.29, 1.82) is 0 Å². The van der Waals surface area contributed by atoms with Gasteiger partial charge < -0.3 is 9.63 Å². The summed E-state index contributed by atoms with van der Waals surface area (Å²) in [5.74, 6) is -0.408. The molecule has 0 heterocycles. The Kier molecular flexibility index (Phi) is 5.86. The zero-order valence-corrected chi connectivity index (χ0v) is 8.13. The molecule has 0 fully saturated rings. The maximum absolute atomic E-state index is 11.3. The summed E-state index contributed by atoms with van der Waals surface area (Å²) in [5.41, 5.74) is 0. The van der Waals surface area contributed by atoms with Crippen molar-refractivity contribution in [1.82, 2.24) is 0 Å². The van der Waals surface area contributed by atoms with E-state index in [0.717, 1.165) is 0 Å². The fourth-order valence-electron chi connectivity index (χ4n) is 0.664. The van der Waals surface area contributed by atoms with Gasteiger partial charge in [-0.1, -0.05) is 0 Å². The first-order chi connectivity index (χ1) is 5.98. The van der Waals surface area contributed by atoms with Crippen molar-refractivity contribution in [2.24, 2.45) is 0 Å². The summed E-state index contributed by atoms with van der Waals surface area (Å²) >= 11 is 0. The van der Waals surface area contributed by atoms with Crippen molar-refractivity contribution in [3.05, 3.63) is 0 Å². The molecule has 0 bridgehead atoms. The first-order valence-corrected chi connectivity index (χ1v) is 5.50. The number of halogens is 1. The Hall–Kier alpha value is -0.450. The zero-order chi connectivity index (χ0) is 10.3. The van der Waals surface area contributed by atoms with Crippen LogP contribution in [0.2, 0.25) is 0 Å². The standard InChI is InChI=1S/C6H12FO5P/c1-6(8)11-4-2-3-5-13(9,10)12-7/h2-5H2,1H3,(H,9,10). The largest absolute Gasteiger partial charge is 0.466 e. The molecule has 0 spiro atoms. The van der Waals surface area contributed by atoms with Crippen molar-refractivity contribution in [2.75, 3.05) is 12.8 Å². The molecule has 1 unspecified atom stereocenters. The molecule has 0 radical (unpaired) electrons. The van der Waals surface area contributed by atoms with Gasteiger partial charge in [0.05, 0.1) is 12.8 Å². The van der Waals surface area contributed by atoms with E-state index in [0.29, 0.717) is 6.42 Å². The van der Waals surface area contributed by atoms with E-state index in [1.807, 2.05) is 0 Å². The van der Waals surface area contributed by atoms with Crippen LogP contribution in [0.15, 0.2) is 0 Å². The number of unbranched alkanes of at least 4 members (excludes halogenated alkanes) is 1. The maximum Gasteiger partial charge on any atom is 0.361 e. The molecular weight excluding hydrogens is 202 g/mol. The lowest BCUT2D eigenvalue weighted by atomic mass is 10.4. The van der Waals surface area contributed by atoms with E-state index in [2.05, 4.69) is 9.47 Å². The molecule has 0 aliphatic heterocycles. The molecule has 1 atom stereocenters. The Morgan fingerprint density at radius 2 is 2.15 bits per heavy atom. The van der Waals surface area contributed by atoms with E-state index in [1.54, 1.807) is 0 Å². The smallest absolute Gasteiger partial charge is 0.361 e. The van der Waals surface area contributed by atoms with E-state index in [-0.39, 0.29) is 19.2 Å². The molecule has 0 aromatic carbocycles. The van der Waals surface area contributed by atoms with Gasteiger partial charge in [0.25, 0.3) is 0 Å². The van der Waals surface area contributed by atoms with Crippen molar-refractivity contribution in [3.63, 3.8) is 0 Å². The molecule has 0 amide bonds. The monoisotopic (exact) mass is 214 g/mol. The summed E-state index contributed by atoms with van der Waals surface area (Å²) in [6.07, 6.45) is 0.406. The third-order valence-electron chi connectivity index (χ3n) is 1.25. The first kappa shape index (κ1) is 12.6. The molecule has 0 rings (SSSR count). The Morgan fingerprint density at radius 3 is 2.62 bits per heavy atom. The van der Waals surface area contributed by atoms with Crippen LogP contribution < -0.4 is 0 Å². The maximum atomic E-state index is 11.3. The third kappa shape index (κ3) is 7.90. The highest BCUT2D eigenvalue weighted by atomic mass is 31.2. The van der Waals surface area contributed by atoms with Crippen LogP contribution in [0.5, 0.6) is 0 Å². The second-order valence-corrected chi connectivity index (χ2v) is 4.34. The van der Waals surface area contributed by atoms with Crippen LogP contribution in [0.25, 0.3) is 0 Å². The van der Waals surface area contributed by atoms with Gasteiger partial charge in [0.15, 0.2) is 0 Å². The van der Waals surface area contributed by atoms with Crippen molar-refractivity contribution in [2.45, 2.75) is 19.8 Å². The summed E-state index contributed by atoms with van der Waals surface area (Å²) in [5, 5.41) is 0. The summed E-state index contributed by atoms with van der Waals surface area (Å²) in [4.78, 5) is 18.8. The molecule has 1 N–H and O–H groups in total. The Bertz CT molecular complexity index is 207. The number of carbonyl (C=O) groups excluding carboxylic acids is 1. The topological polar surface area (TPSA) is 72.8 Å². The van der Waals surface area contributed by atoms with Crippen LogP contribution in [-0.2, 0) is 18.8 Å². The molecule has 0 aromatic heterocycles. The highest BCUT2D eigenvalue weighted by molar-refractivity contribution is 7.52. The second kappa shape index (κ2) is 6.07. The number of esters is 1. The molecule has 0 aliphatic carbocycles. The van der Waals surface area contributed by atoms with Gasteiger partial charge in [0, 0.05) is 6.92 Å². The van der Waals surface area contributed by atoms with Gasteiger partial charge in [0.1, 0.15) is 0 Å². The molecule has 78 valence electrons. The third-order valence-corrected chi connectivity index (χ3v) is 2.35. The van der Waals surface area contributed by atoms with Crippen LogP contribution in [0, 0.1) is 0 Å². The van der Waals surface area contributed by atoms with Gasteiger partial charge in [-0.2, -0.15) is 0 Å². The molecule has 0 aliphatic rings. The van der Waals surface area contributed by atoms with Crippen LogP contribution in [0.3, 0.4) is 0 Å². The van der Waals surface area contributed by atoms with E-state index >= 15 is 0 Å². The summed E-state index contributed by atoms with van der Waals surface area (Å²) < 4.78 is 29.3. The van der Waals surface area contributed by atoms with E-state index in [4.69, 9.17) is 4.89 Å².